The third-order valence-corrected chi connectivity index (χ3v) is 3.00. The Morgan fingerprint density at radius 1 is 1.47 bits per heavy atom. The molecule has 1 aromatic heterocycles. The number of hydrogen-bond acceptors (Lipinski definition) is 3. The Morgan fingerprint density at radius 2 is 2.26 bits per heavy atom. The predicted octanol–water partition coefficient (Wildman–Crippen LogP) is 3.23. The van der Waals surface area contributed by atoms with Crippen molar-refractivity contribution in [2.75, 3.05) is 25.0 Å². The minimum absolute atomic E-state index is 0.671. The molecule has 0 spiro atoms. The highest BCUT2D eigenvalue weighted by atomic mass is 15.1. The maximum Gasteiger partial charge on any atom is 0.0562 e. The van der Waals surface area contributed by atoms with E-state index in [0.29, 0.717) is 5.92 Å². The lowest BCUT2D eigenvalue weighted by molar-refractivity contribution is 0.548. The number of anilines is 1. The molecule has 0 aliphatic carbocycles. The van der Waals surface area contributed by atoms with Gasteiger partial charge < -0.3 is 10.2 Å². The van der Waals surface area contributed by atoms with Gasteiger partial charge in [-0.25, -0.2) is 0 Å². The van der Waals surface area contributed by atoms with Gasteiger partial charge in [0.25, 0.3) is 0 Å². The molecule has 106 valence electrons. The number of pyridine rings is 1. The first-order valence-electron chi connectivity index (χ1n) is 7.11. The van der Waals surface area contributed by atoms with Gasteiger partial charge in [-0.2, -0.15) is 0 Å². The Labute approximate surface area is 117 Å². The quantitative estimate of drug-likeness (QED) is 0.546. The summed E-state index contributed by atoms with van der Waals surface area (Å²) in [5.74, 6) is 0.671. The standard InChI is InChI=1S/C16H27N3/c1-5-6-7-10-19(4)16-8-9-18-15(11-16)13-17-12-14(2)3/h5,8-9,11,14,17H,1,6-7,10,12-13H2,2-4H3. The second-order valence-corrected chi connectivity index (χ2v) is 5.38. The van der Waals surface area contributed by atoms with Crippen LogP contribution >= 0.6 is 0 Å². The summed E-state index contributed by atoms with van der Waals surface area (Å²) >= 11 is 0. The molecule has 0 aliphatic rings. The zero-order chi connectivity index (χ0) is 14.1. The largest absolute Gasteiger partial charge is 0.374 e. The Kier molecular flexibility index (Phi) is 7.19. The molecule has 3 nitrogen and oxygen atoms in total. The summed E-state index contributed by atoms with van der Waals surface area (Å²) in [6.07, 6.45) is 6.08. The molecular weight excluding hydrogens is 234 g/mol. The van der Waals surface area contributed by atoms with E-state index in [-0.39, 0.29) is 0 Å². The number of unbranched alkanes of at least 4 members (excludes halogenated alkanes) is 1. The molecule has 1 rings (SSSR count). The smallest absolute Gasteiger partial charge is 0.0562 e. The molecule has 0 aromatic carbocycles. The molecule has 0 radical (unpaired) electrons. The summed E-state index contributed by atoms with van der Waals surface area (Å²) in [6.45, 7) is 11.1. The summed E-state index contributed by atoms with van der Waals surface area (Å²) < 4.78 is 0. The topological polar surface area (TPSA) is 28.2 Å². The molecule has 0 saturated heterocycles. The van der Waals surface area contributed by atoms with Crippen molar-refractivity contribution in [2.24, 2.45) is 5.92 Å². The van der Waals surface area contributed by atoms with Gasteiger partial charge in [-0.1, -0.05) is 19.9 Å². The highest BCUT2D eigenvalue weighted by Crippen LogP contribution is 2.13. The number of aromatic nitrogens is 1. The minimum atomic E-state index is 0.671. The Morgan fingerprint density at radius 3 is 2.95 bits per heavy atom. The van der Waals surface area contributed by atoms with Gasteiger partial charge in [0.2, 0.25) is 0 Å². The fourth-order valence-electron chi connectivity index (χ4n) is 1.89. The van der Waals surface area contributed by atoms with Crippen molar-refractivity contribution in [3.05, 3.63) is 36.7 Å². The predicted molar refractivity (Wildman–Crippen MR) is 83.5 cm³/mol. The first-order chi connectivity index (χ1) is 9.13. The van der Waals surface area contributed by atoms with Crippen LogP contribution in [0.2, 0.25) is 0 Å². The first-order valence-corrected chi connectivity index (χ1v) is 7.11. The Bertz CT molecular complexity index is 374. The lowest BCUT2D eigenvalue weighted by Crippen LogP contribution is -2.21. The van der Waals surface area contributed by atoms with Gasteiger partial charge >= 0.3 is 0 Å². The van der Waals surface area contributed by atoms with E-state index in [1.54, 1.807) is 0 Å². The second kappa shape index (κ2) is 8.70. The summed E-state index contributed by atoms with van der Waals surface area (Å²) in [5, 5.41) is 3.43. The van der Waals surface area contributed by atoms with Crippen molar-refractivity contribution >= 4 is 5.69 Å². The van der Waals surface area contributed by atoms with Gasteiger partial charge in [0.1, 0.15) is 0 Å². The van der Waals surface area contributed by atoms with E-state index in [1.807, 2.05) is 12.3 Å². The number of rotatable bonds is 9. The van der Waals surface area contributed by atoms with E-state index in [2.05, 4.69) is 54.8 Å². The third-order valence-electron chi connectivity index (χ3n) is 3.00. The molecule has 0 fully saturated rings. The maximum absolute atomic E-state index is 4.41. The molecule has 3 heteroatoms. The van der Waals surface area contributed by atoms with Crippen LogP contribution in [0.5, 0.6) is 0 Å². The Hall–Kier alpha value is -1.35. The van der Waals surface area contributed by atoms with Gasteiger partial charge in [0, 0.05) is 32.0 Å². The normalized spacial score (nSPS) is 10.7. The SMILES string of the molecule is C=CCCCN(C)c1ccnc(CNCC(C)C)c1. The molecule has 0 atom stereocenters. The van der Waals surface area contributed by atoms with Crippen molar-refractivity contribution in [1.82, 2.24) is 10.3 Å². The second-order valence-electron chi connectivity index (χ2n) is 5.38. The molecule has 0 saturated carbocycles. The first kappa shape index (κ1) is 15.7. The number of nitrogens with one attached hydrogen (secondary N) is 1. The molecule has 0 amide bonds. The fourth-order valence-corrected chi connectivity index (χ4v) is 1.89. The van der Waals surface area contributed by atoms with Crippen LogP contribution in [0.4, 0.5) is 5.69 Å². The minimum Gasteiger partial charge on any atom is -0.374 e. The molecule has 0 aliphatic heterocycles. The average molecular weight is 261 g/mol. The van der Waals surface area contributed by atoms with E-state index in [9.17, 15) is 0 Å². The van der Waals surface area contributed by atoms with Gasteiger partial charge in [0.05, 0.1) is 5.69 Å². The van der Waals surface area contributed by atoms with Crippen LogP contribution in [0.25, 0.3) is 0 Å². The zero-order valence-corrected chi connectivity index (χ0v) is 12.5. The van der Waals surface area contributed by atoms with Crippen LogP contribution in [0, 0.1) is 5.92 Å². The van der Waals surface area contributed by atoms with E-state index >= 15 is 0 Å². The van der Waals surface area contributed by atoms with Crippen LogP contribution in [0.1, 0.15) is 32.4 Å². The van der Waals surface area contributed by atoms with E-state index in [1.165, 1.54) is 5.69 Å². The van der Waals surface area contributed by atoms with Crippen LogP contribution < -0.4 is 10.2 Å². The number of hydrogen-bond donors (Lipinski definition) is 1. The number of nitrogens with zero attached hydrogens (tertiary/aromatic N) is 2. The van der Waals surface area contributed by atoms with Crippen molar-refractivity contribution in [2.45, 2.75) is 33.2 Å². The summed E-state index contributed by atoms with van der Waals surface area (Å²) in [7, 11) is 2.13. The van der Waals surface area contributed by atoms with E-state index in [4.69, 9.17) is 0 Å². The van der Waals surface area contributed by atoms with Crippen LogP contribution in [0.3, 0.4) is 0 Å². The van der Waals surface area contributed by atoms with Crippen molar-refractivity contribution in [3.8, 4) is 0 Å². The molecule has 19 heavy (non-hydrogen) atoms. The van der Waals surface area contributed by atoms with Crippen LogP contribution in [0.15, 0.2) is 31.0 Å². The lowest BCUT2D eigenvalue weighted by atomic mass is 10.2. The van der Waals surface area contributed by atoms with Gasteiger partial charge in [-0.15, -0.1) is 6.58 Å². The fraction of sp³-hybridized carbons (Fsp3) is 0.562. The van der Waals surface area contributed by atoms with Crippen molar-refractivity contribution < 1.29 is 0 Å². The molecule has 1 heterocycles. The van der Waals surface area contributed by atoms with Crippen LogP contribution in [-0.2, 0) is 6.54 Å². The molecular formula is C16H27N3. The molecule has 1 aromatic rings. The molecule has 1 N–H and O–H groups in total. The summed E-state index contributed by atoms with van der Waals surface area (Å²) in [5.41, 5.74) is 2.34. The zero-order valence-electron chi connectivity index (χ0n) is 12.5. The lowest BCUT2D eigenvalue weighted by Gasteiger charge is -2.19. The van der Waals surface area contributed by atoms with Gasteiger partial charge in [-0.3, -0.25) is 4.98 Å². The maximum atomic E-state index is 4.41. The van der Waals surface area contributed by atoms with Crippen LogP contribution in [-0.4, -0.2) is 25.1 Å². The third kappa shape index (κ3) is 6.39. The Balaban J connectivity index is 2.48. The van der Waals surface area contributed by atoms with E-state index < -0.39 is 0 Å². The monoisotopic (exact) mass is 261 g/mol. The van der Waals surface area contributed by atoms with Crippen molar-refractivity contribution in [1.29, 1.82) is 0 Å². The highest BCUT2D eigenvalue weighted by molar-refractivity contribution is 5.45. The average Bonchev–Trinajstić information content (AvgIpc) is 2.39. The summed E-state index contributed by atoms with van der Waals surface area (Å²) in [4.78, 5) is 6.68. The summed E-state index contributed by atoms with van der Waals surface area (Å²) in [6, 6.07) is 4.24. The van der Waals surface area contributed by atoms with E-state index in [0.717, 1.165) is 38.2 Å². The van der Waals surface area contributed by atoms with Gasteiger partial charge in [0.15, 0.2) is 0 Å². The molecule has 0 bridgehead atoms. The van der Waals surface area contributed by atoms with Gasteiger partial charge in [-0.05, 0) is 37.4 Å². The van der Waals surface area contributed by atoms with Crippen molar-refractivity contribution in [3.63, 3.8) is 0 Å². The number of allylic oxidation sites excluding steroid dienone is 1. The molecule has 0 unspecified atom stereocenters. The highest BCUT2D eigenvalue weighted by Gasteiger charge is 2.03.